The van der Waals surface area contributed by atoms with Crippen molar-refractivity contribution in [2.24, 2.45) is 29.1 Å². The van der Waals surface area contributed by atoms with Gasteiger partial charge in [-0.05, 0) is 83.6 Å². The minimum absolute atomic E-state index is 0.0318. The number of hydrogen-bond donors (Lipinski definition) is 0. The Balaban J connectivity index is 1.12. The van der Waals surface area contributed by atoms with Crippen molar-refractivity contribution in [2.45, 2.75) is 136 Å². The zero-order chi connectivity index (χ0) is 42.3. The molecule has 4 atom stereocenters. The number of halogens is 4. The normalized spacial score (nSPS) is 24.5. The van der Waals surface area contributed by atoms with E-state index in [0.29, 0.717) is 24.8 Å². The Morgan fingerprint density at radius 3 is 1.71 bits per heavy atom. The van der Waals surface area contributed by atoms with Crippen LogP contribution in [0.3, 0.4) is 0 Å². The Hall–Kier alpha value is -4.03. The standard InChI is InChI=1S/C45H58F4N2O7/c1-26(2)28(5)39(53)50-24-44(46,47)21-36(50)41(55)57-18-15-30-9-11-31(12-10-30)32-13-14-33(35-20-43(19-34(32)35)16-7-8-17-43)38(52)23-58-42(56)37-22-45(48,49)25-51(37)40(54)29(6)27(3)4/h9-12,26-29,36-37H,7-8,13-25H2,1-6H3. The monoisotopic (exact) mass is 814 g/mol. The highest BCUT2D eigenvalue weighted by Gasteiger charge is 2.53. The highest BCUT2D eigenvalue weighted by Crippen LogP contribution is 2.59. The summed E-state index contributed by atoms with van der Waals surface area (Å²) >= 11 is 0. The van der Waals surface area contributed by atoms with E-state index >= 15 is 0 Å². The smallest absolute Gasteiger partial charge is 0.329 e. The molecule has 2 amide bonds. The van der Waals surface area contributed by atoms with Crippen molar-refractivity contribution < 1.29 is 51.0 Å². The zero-order valence-corrected chi connectivity index (χ0v) is 34.6. The molecular formula is C45H58F4N2O7. The summed E-state index contributed by atoms with van der Waals surface area (Å²) in [7, 11) is 0. The number of hydrogen-bond acceptors (Lipinski definition) is 7. The molecule has 5 aliphatic rings. The number of ketones is 1. The topological polar surface area (TPSA) is 110 Å². The molecule has 58 heavy (non-hydrogen) atoms. The minimum atomic E-state index is -3.23. The van der Waals surface area contributed by atoms with E-state index in [9.17, 15) is 41.5 Å². The SMILES string of the molecule is CC(C)C(C)C(=O)N1CC(F)(F)CC1C(=O)OCCc1ccc(C2=C3CC4(CCCC4)CC3=C(C(=O)COC(=O)C3CC(F)(F)CN3C(=O)C(C)C(C)C)CC2)cc1. The van der Waals surface area contributed by atoms with Crippen LogP contribution in [-0.2, 0) is 39.9 Å². The molecule has 2 saturated carbocycles. The fourth-order valence-corrected chi connectivity index (χ4v) is 9.43. The molecule has 0 bridgehead atoms. The van der Waals surface area contributed by atoms with Crippen LogP contribution in [0.1, 0.15) is 117 Å². The van der Waals surface area contributed by atoms with Gasteiger partial charge in [0.05, 0.1) is 19.7 Å². The average molecular weight is 815 g/mol. The molecule has 1 aromatic rings. The van der Waals surface area contributed by atoms with E-state index in [1.54, 1.807) is 13.8 Å². The van der Waals surface area contributed by atoms with Crippen molar-refractivity contribution in [1.29, 1.82) is 0 Å². The van der Waals surface area contributed by atoms with Crippen molar-refractivity contribution in [3.8, 4) is 0 Å². The molecule has 0 aromatic heterocycles. The Morgan fingerprint density at radius 2 is 1.19 bits per heavy atom. The maximum absolute atomic E-state index is 14.5. The summed E-state index contributed by atoms with van der Waals surface area (Å²) in [4.78, 5) is 67.8. The first-order chi connectivity index (χ1) is 27.2. The number of allylic oxidation sites excluding steroid dienone is 3. The molecule has 0 radical (unpaired) electrons. The molecule has 318 valence electrons. The van der Waals surface area contributed by atoms with E-state index in [0.717, 1.165) is 76.2 Å². The second-order valence-corrected chi connectivity index (χ2v) is 18.3. The first kappa shape index (κ1) is 43.5. The van der Waals surface area contributed by atoms with Gasteiger partial charge < -0.3 is 19.3 Å². The van der Waals surface area contributed by atoms with Crippen molar-refractivity contribution in [3.05, 3.63) is 52.1 Å². The van der Waals surface area contributed by atoms with Crippen LogP contribution in [0.25, 0.3) is 5.57 Å². The van der Waals surface area contributed by atoms with Gasteiger partial charge >= 0.3 is 11.9 Å². The third-order valence-corrected chi connectivity index (χ3v) is 13.5. The van der Waals surface area contributed by atoms with Gasteiger partial charge in [-0.3, -0.25) is 14.4 Å². The number of esters is 2. The first-order valence-corrected chi connectivity index (χ1v) is 21.0. The predicted octanol–water partition coefficient (Wildman–Crippen LogP) is 8.14. The second-order valence-electron chi connectivity index (χ2n) is 18.3. The van der Waals surface area contributed by atoms with E-state index in [2.05, 4.69) is 0 Å². The number of carbonyl (C=O) groups excluding carboxylic acids is 5. The van der Waals surface area contributed by atoms with Crippen LogP contribution < -0.4 is 0 Å². The molecule has 3 aliphatic carbocycles. The summed E-state index contributed by atoms with van der Waals surface area (Å²) in [5, 5.41) is 0. The Morgan fingerprint density at radius 1 is 0.690 bits per heavy atom. The molecule has 4 fully saturated rings. The highest BCUT2D eigenvalue weighted by atomic mass is 19.3. The number of amides is 2. The van der Waals surface area contributed by atoms with Crippen LogP contribution in [-0.4, -0.2) is 89.6 Å². The molecule has 9 nitrogen and oxygen atoms in total. The maximum atomic E-state index is 14.5. The van der Waals surface area contributed by atoms with E-state index in [-0.39, 0.29) is 29.6 Å². The van der Waals surface area contributed by atoms with Crippen molar-refractivity contribution in [2.75, 3.05) is 26.3 Å². The third kappa shape index (κ3) is 9.23. The predicted molar refractivity (Wildman–Crippen MR) is 209 cm³/mol. The largest absolute Gasteiger partial charge is 0.464 e. The van der Waals surface area contributed by atoms with Crippen LogP contribution >= 0.6 is 0 Å². The first-order valence-electron chi connectivity index (χ1n) is 21.0. The lowest BCUT2D eigenvalue weighted by molar-refractivity contribution is -0.156. The van der Waals surface area contributed by atoms with Gasteiger partial charge in [0.25, 0.3) is 11.8 Å². The third-order valence-electron chi connectivity index (χ3n) is 13.5. The van der Waals surface area contributed by atoms with Gasteiger partial charge in [0.15, 0.2) is 12.4 Å². The number of likely N-dealkylation sites (tertiary alicyclic amines) is 2. The van der Waals surface area contributed by atoms with Gasteiger partial charge in [-0.1, -0.05) is 78.6 Å². The molecule has 1 aromatic carbocycles. The van der Waals surface area contributed by atoms with E-state index in [4.69, 9.17) is 9.47 Å². The fraction of sp³-hybridized carbons (Fsp3) is 0.667. The molecule has 1 spiro atoms. The number of alkyl halides is 4. The van der Waals surface area contributed by atoms with Gasteiger partial charge in [0, 0.05) is 36.7 Å². The molecule has 2 saturated heterocycles. The number of Topliss-reactive ketones (excluding diaryl/α,β-unsaturated/α-hetero) is 1. The van der Waals surface area contributed by atoms with E-state index < -0.39 is 92.1 Å². The molecular weight excluding hydrogens is 756 g/mol. The number of carbonyl (C=O) groups is 5. The highest BCUT2D eigenvalue weighted by molar-refractivity contribution is 6.01. The maximum Gasteiger partial charge on any atom is 0.329 e. The van der Waals surface area contributed by atoms with Gasteiger partial charge in [0.1, 0.15) is 12.1 Å². The van der Waals surface area contributed by atoms with Gasteiger partial charge in [0.2, 0.25) is 11.8 Å². The minimum Gasteiger partial charge on any atom is -0.464 e. The summed E-state index contributed by atoms with van der Waals surface area (Å²) in [5.74, 6) is -10.8. The summed E-state index contributed by atoms with van der Waals surface area (Å²) in [6.07, 6.45) is 5.69. The van der Waals surface area contributed by atoms with Crippen LogP contribution in [0.2, 0.25) is 0 Å². The van der Waals surface area contributed by atoms with Crippen LogP contribution in [0.15, 0.2) is 41.0 Å². The lowest BCUT2D eigenvalue weighted by Crippen LogP contribution is -2.45. The van der Waals surface area contributed by atoms with Crippen LogP contribution in [0, 0.1) is 29.1 Å². The van der Waals surface area contributed by atoms with Crippen molar-refractivity contribution in [3.63, 3.8) is 0 Å². The molecule has 0 N–H and O–H groups in total. The molecule has 2 heterocycles. The summed E-state index contributed by atoms with van der Waals surface area (Å²) in [6, 6.07) is 5.10. The van der Waals surface area contributed by atoms with Gasteiger partial charge in [-0.25, -0.2) is 27.2 Å². The average Bonchev–Trinajstić information content (AvgIpc) is 3.95. The number of rotatable bonds is 13. The molecule has 6 rings (SSSR count). The summed E-state index contributed by atoms with van der Waals surface area (Å²) in [5.41, 5.74) is 5.83. The van der Waals surface area contributed by atoms with Crippen LogP contribution in [0.4, 0.5) is 17.6 Å². The number of benzene rings is 1. The van der Waals surface area contributed by atoms with Crippen molar-refractivity contribution >= 4 is 35.1 Å². The number of nitrogens with zero attached hydrogens (tertiary/aromatic N) is 2. The Labute approximate surface area is 338 Å². The van der Waals surface area contributed by atoms with E-state index in [1.807, 2.05) is 52.0 Å². The molecule has 4 unspecified atom stereocenters. The lowest BCUT2D eigenvalue weighted by atomic mass is 9.82. The Kier molecular flexibility index (Phi) is 12.7. The molecule has 2 aliphatic heterocycles. The quantitative estimate of drug-likeness (QED) is 0.146. The van der Waals surface area contributed by atoms with Crippen molar-refractivity contribution in [1.82, 2.24) is 9.80 Å². The summed E-state index contributed by atoms with van der Waals surface area (Å²) < 4.78 is 68.6. The van der Waals surface area contributed by atoms with E-state index in [1.165, 1.54) is 0 Å². The number of fused-ring (bicyclic) bond motifs is 1. The van der Waals surface area contributed by atoms with Crippen LogP contribution in [0.5, 0.6) is 0 Å². The summed E-state index contributed by atoms with van der Waals surface area (Å²) in [6.45, 7) is 8.35. The Bertz CT molecular complexity index is 1850. The zero-order valence-electron chi connectivity index (χ0n) is 34.6. The number of ether oxygens (including phenoxy) is 2. The fourth-order valence-electron chi connectivity index (χ4n) is 9.43. The molecule has 13 heteroatoms. The van der Waals surface area contributed by atoms with Gasteiger partial charge in [-0.15, -0.1) is 0 Å². The lowest BCUT2D eigenvalue weighted by Gasteiger charge is -2.27. The van der Waals surface area contributed by atoms with Gasteiger partial charge in [-0.2, -0.15) is 0 Å². The second kappa shape index (κ2) is 16.9.